The summed E-state index contributed by atoms with van der Waals surface area (Å²) in [6, 6.07) is 10.2. The standard InChI is InChI=1S/C17H25N3O2S/c1-14(23-13-15-6-3-2-4-7-15)17(22)20-9-5-8-19(10-11-20)12-16(18)21/h2-4,6-7,14H,5,8-13H2,1H3,(H2,18,21)/t14-/m0/s1. The van der Waals surface area contributed by atoms with Crippen LogP contribution in [0.1, 0.15) is 18.9 Å². The van der Waals surface area contributed by atoms with E-state index in [1.807, 2.05) is 34.9 Å². The molecule has 1 aromatic carbocycles. The summed E-state index contributed by atoms with van der Waals surface area (Å²) in [7, 11) is 0. The van der Waals surface area contributed by atoms with Gasteiger partial charge in [0.15, 0.2) is 0 Å². The van der Waals surface area contributed by atoms with E-state index in [4.69, 9.17) is 5.73 Å². The van der Waals surface area contributed by atoms with E-state index in [0.717, 1.165) is 25.3 Å². The van der Waals surface area contributed by atoms with Gasteiger partial charge in [-0.25, -0.2) is 0 Å². The summed E-state index contributed by atoms with van der Waals surface area (Å²) in [6.07, 6.45) is 0.884. The lowest BCUT2D eigenvalue weighted by Gasteiger charge is -2.24. The summed E-state index contributed by atoms with van der Waals surface area (Å²) >= 11 is 1.67. The van der Waals surface area contributed by atoms with E-state index >= 15 is 0 Å². The van der Waals surface area contributed by atoms with E-state index in [0.29, 0.717) is 13.1 Å². The van der Waals surface area contributed by atoms with Crippen molar-refractivity contribution < 1.29 is 9.59 Å². The number of nitrogens with two attached hydrogens (primary N) is 1. The first-order chi connectivity index (χ1) is 11.1. The van der Waals surface area contributed by atoms with E-state index in [9.17, 15) is 9.59 Å². The Hall–Kier alpha value is -1.53. The molecule has 1 heterocycles. The Labute approximate surface area is 142 Å². The molecular weight excluding hydrogens is 310 g/mol. The molecule has 0 aromatic heterocycles. The predicted molar refractivity (Wildman–Crippen MR) is 94.0 cm³/mol. The van der Waals surface area contributed by atoms with Crippen LogP contribution in [0.15, 0.2) is 30.3 Å². The summed E-state index contributed by atoms with van der Waals surface area (Å²) in [4.78, 5) is 27.6. The van der Waals surface area contributed by atoms with Gasteiger partial charge in [0.1, 0.15) is 0 Å². The molecule has 0 unspecified atom stereocenters. The molecule has 0 saturated carbocycles. The molecule has 6 heteroatoms. The van der Waals surface area contributed by atoms with Gasteiger partial charge in [0.05, 0.1) is 11.8 Å². The highest BCUT2D eigenvalue weighted by Gasteiger charge is 2.24. The van der Waals surface area contributed by atoms with Crippen molar-refractivity contribution in [2.45, 2.75) is 24.3 Å². The molecule has 1 aliphatic heterocycles. The molecule has 0 aliphatic carbocycles. The molecule has 0 bridgehead atoms. The topological polar surface area (TPSA) is 66.6 Å². The second kappa shape index (κ2) is 8.93. The Morgan fingerprint density at radius 3 is 2.61 bits per heavy atom. The maximum Gasteiger partial charge on any atom is 0.235 e. The highest BCUT2D eigenvalue weighted by molar-refractivity contribution is 7.99. The van der Waals surface area contributed by atoms with Crippen LogP contribution in [0.3, 0.4) is 0 Å². The van der Waals surface area contributed by atoms with Crippen LogP contribution >= 0.6 is 11.8 Å². The average Bonchev–Trinajstić information content (AvgIpc) is 2.78. The third-order valence-corrected chi connectivity index (χ3v) is 5.17. The summed E-state index contributed by atoms with van der Waals surface area (Å²) in [5.41, 5.74) is 6.48. The maximum atomic E-state index is 12.6. The number of hydrogen-bond donors (Lipinski definition) is 1. The smallest absolute Gasteiger partial charge is 0.235 e. The summed E-state index contributed by atoms with van der Waals surface area (Å²) in [6.45, 7) is 5.21. The number of carbonyl (C=O) groups is 2. The van der Waals surface area contributed by atoms with Crippen molar-refractivity contribution in [3.63, 3.8) is 0 Å². The van der Waals surface area contributed by atoms with Crippen LogP contribution in [0.5, 0.6) is 0 Å². The lowest BCUT2D eigenvalue weighted by Crippen LogP contribution is -2.40. The molecule has 23 heavy (non-hydrogen) atoms. The van der Waals surface area contributed by atoms with Crippen molar-refractivity contribution in [1.82, 2.24) is 9.80 Å². The highest BCUT2D eigenvalue weighted by Crippen LogP contribution is 2.20. The van der Waals surface area contributed by atoms with E-state index in [1.165, 1.54) is 5.56 Å². The number of carbonyl (C=O) groups excluding carboxylic acids is 2. The summed E-state index contributed by atoms with van der Waals surface area (Å²) < 4.78 is 0. The van der Waals surface area contributed by atoms with Crippen molar-refractivity contribution in [2.75, 3.05) is 32.7 Å². The number of hydrogen-bond acceptors (Lipinski definition) is 4. The van der Waals surface area contributed by atoms with Gasteiger partial charge in [-0.05, 0) is 18.9 Å². The minimum absolute atomic E-state index is 0.0575. The van der Waals surface area contributed by atoms with Crippen molar-refractivity contribution in [3.05, 3.63) is 35.9 Å². The fourth-order valence-corrected chi connectivity index (χ4v) is 3.62. The van der Waals surface area contributed by atoms with Crippen molar-refractivity contribution in [1.29, 1.82) is 0 Å². The molecule has 1 fully saturated rings. The van der Waals surface area contributed by atoms with Gasteiger partial charge in [-0.15, -0.1) is 11.8 Å². The van der Waals surface area contributed by atoms with Gasteiger partial charge >= 0.3 is 0 Å². The van der Waals surface area contributed by atoms with Gasteiger partial charge < -0.3 is 10.6 Å². The quantitative estimate of drug-likeness (QED) is 0.852. The zero-order valence-corrected chi connectivity index (χ0v) is 14.4. The van der Waals surface area contributed by atoms with E-state index in [1.54, 1.807) is 11.8 Å². The molecule has 2 rings (SSSR count). The van der Waals surface area contributed by atoms with Crippen LogP contribution in [0.4, 0.5) is 0 Å². The highest BCUT2D eigenvalue weighted by atomic mass is 32.2. The van der Waals surface area contributed by atoms with Crippen LogP contribution in [-0.2, 0) is 15.3 Å². The minimum atomic E-state index is -0.309. The van der Waals surface area contributed by atoms with Crippen LogP contribution in [0, 0.1) is 0 Å². The summed E-state index contributed by atoms with van der Waals surface area (Å²) in [5.74, 6) is 0.721. The Kier molecular flexibility index (Phi) is 6.92. The van der Waals surface area contributed by atoms with Gasteiger partial charge in [-0.2, -0.15) is 0 Å². The molecule has 1 saturated heterocycles. The summed E-state index contributed by atoms with van der Waals surface area (Å²) in [5, 5.41) is -0.0575. The third kappa shape index (κ3) is 5.88. The largest absolute Gasteiger partial charge is 0.369 e. The lowest BCUT2D eigenvalue weighted by atomic mass is 10.2. The molecule has 5 nitrogen and oxygen atoms in total. The maximum absolute atomic E-state index is 12.6. The van der Waals surface area contributed by atoms with E-state index < -0.39 is 0 Å². The number of thioether (sulfide) groups is 1. The van der Waals surface area contributed by atoms with Crippen LogP contribution in [0.2, 0.25) is 0 Å². The molecule has 2 amide bonds. The van der Waals surface area contributed by atoms with E-state index in [-0.39, 0.29) is 23.6 Å². The number of nitrogens with zero attached hydrogens (tertiary/aromatic N) is 2. The Morgan fingerprint density at radius 2 is 1.91 bits per heavy atom. The zero-order chi connectivity index (χ0) is 16.7. The minimum Gasteiger partial charge on any atom is -0.369 e. The fourth-order valence-electron chi connectivity index (χ4n) is 2.69. The second-order valence-electron chi connectivity index (χ2n) is 5.86. The first-order valence-corrected chi connectivity index (χ1v) is 9.06. The molecule has 1 atom stereocenters. The van der Waals surface area contributed by atoms with E-state index in [2.05, 4.69) is 12.1 Å². The molecule has 0 spiro atoms. The molecule has 2 N–H and O–H groups in total. The second-order valence-corrected chi connectivity index (χ2v) is 7.19. The monoisotopic (exact) mass is 335 g/mol. The number of rotatable bonds is 6. The molecule has 126 valence electrons. The Morgan fingerprint density at radius 1 is 1.17 bits per heavy atom. The number of primary amides is 1. The fraction of sp³-hybridized carbons (Fsp3) is 0.529. The van der Waals surface area contributed by atoms with Gasteiger partial charge in [0.2, 0.25) is 11.8 Å². The number of amides is 2. The average molecular weight is 335 g/mol. The lowest BCUT2D eigenvalue weighted by molar-refractivity contribution is -0.130. The number of benzene rings is 1. The van der Waals surface area contributed by atoms with Crippen molar-refractivity contribution in [3.8, 4) is 0 Å². The third-order valence-electron chi connectivity index (χ3n) is 3.97. The predicted octanol–water partition coefficient (Wildman–Crippen LogP) is 1.33. The van der Waals surface area contributed by atoms with Crippen LogP contribution < -0.4 is 5.73 Å². The first kappa shape index (κ1) is 17.8. The Balaban J connectivity index is 1.81. The Bertz CT molecular complexity index is 524. The van der Waals surface area contributed by atoms with Gasteiger partial charge in [0, 0.05) is 31.9 Å². The molecular formula is C17H25N3O2S. The normalized spacial score (nSPS) is 17.5. The van der Waals surface area contributed by atoms with Crippen LogP contribution in [0.25, 0.3) is 0 Å². The molecule has 0 radical (unpaired) electrons. The van der Waals surface area contributed by atoms with Gasteiger partial charge in [-0.3, -0.25) is 14.5 Å². The SMILES string of the molecule is C[C@H](SCc1ccccc1)C(=O)N1CCCN(CC(N)=O)CC1. The van der Waals surface area contributed by atoms with Gasteiger partial charge in [-0.1, -0.05) is 30.3 Å². The molecule has 1 aliphatic rings. The first-order valence-electron chi connectivity index (χ1n) is 8.01. The van der Waals surface area contributed by atoms with Crippen molar-refractivity contribution >= 4 is 23.6 Å². The molecule has 1 aromatic rings. The zero-order valence-electron chi connectivity index (χ0n) is 13.6. The van der Waals surface area contributed by atoms with Crippen molar-refractivity contribution in [2.24, 2.45) is 5.73 Å². The van der Waals surface area contributed by atoms with Gasteiger partial charge in [0.25, 0.3) is 0 Å². The van der Waals surface area contributed by atoms with Crippen LogP contribution in [-0.4, -0.2) is 59.6 Å².